The number of aliphatic carboxylic acids is 1. The Balaban J connectivity index is 2.19. The van der Waals surface area contributed by atoms with Gasteiger partial charge in [-0.05, 0) is 31.0 Å². The molecule has 2 rings (SSSR count). The lowest BCUT2D eigenvalue weighted by Gasteiger charge is -2.13. The molecule has 1 fully saturated rings. The van der Waals surface area contributed by atoms with Gasteiger partial charge in [-0.25, -0.2) is 4.79 Å². The number of carbonyl (C=O) groups is 2. The Morgan fingerprint density at radius 2 is 1.89 bits per heavy atom. The second-order valence-electron chi connectivity index (χ2n) is 4.42. The van der Waals surface area contributed by atoms with Crippen molar-refractivity contribution < 1.29 is 27.9 Å². The van der Waals surface area contributed by atoms with Crippen molar-refractivity contribution in [3.63, 3.8) is 0 Å². The summed E-state index contributed by atoms with van der Waals surface area (Å²) in [6, 6.07) is 3.87. The van der Waals surface area contributed by atoms with Crippen molar-refractivity contribution in [1.29, 1.82) is 0 Å². The molecular weight excluding hydrogens is 263 g/mol. The van der Waals surface area contributed by atoms with Gasteiger partial charge in [0.2, 0.25) is 0 Å². The molecule has 1 aromatic rings. The summed E-state index contributed by atoms with van der Waals surface area (Å²) in [5.41, 5.74) is -2.46. The Hall–Kier alpha value is -2.05. The van der Waals surface area contributed by atoms with E-state index in [1.54, 1.807) is 0 Å². The smallest absolute Gasteiger partial charge is 0.416 e. The van der Waals surface area contributed by atoms with Crippen LogP contribution in [0.3, 0.4) is 0 Å². The number of rotatable bonds is 3. The summed E-state index contributed by atoms with van der Waals surface area (Å²) in [5.74, 6) is -1.99. The van der Waals surface area contributed by atoms with Crippen LogP contribution in [0.5, 0.6) is 0 Å². The van der Waals surface area contributed by atoms with Crippen molar-refractivity contribution in [2.45, 2.75) is 24.6 Å². The first-order chi connectivity index (χ1) is 8.74. The highest BCUT2D eigenvalue weighted by molar-refractivity contribution is 5.99. The normalized spacial score (nSPS) is 16.8. The van der Waals surface area contributed by atoms with Gasteiger partial charge in [0.1, 0.15) is 5.54 Å². The molecule has 0 atom stereocenters. The highest BCUT2D eigenvalue weighted by Gasteiger charge is 2.51. The minimum absolute atomic E-state index is 0.206. The number of benzene rings is 1. The summed E-state index contributed by atoms with van der Waals surface area (Å²) < 4.78 is 37.5. The van der Waals surface area contributed by atoms with Gasteiger partial charge in [0.05, 0.1) is 5.56 Å². The van der Waals surface area contributed by atoms with Gasteiger partial charge in [-0.2, -0.15) is 13.2 Å². The van der Waals surface area contributed by atoms with Crippen molar-refractivity contribution in [2.75, 3.05) is 0 Å². The van der Waals surface area contributed by atoms with Crippen LogP contribution in [0, 0.1) is 0 Å². The van der Waals surface area contributed by atoms with E-state index < -0.39 is 29.2 Å². The first-order valence-electron chi connectivity index (χ1n) is 5.48. The Morgan fingerprint density at radius 1 is 1.26 bits per heavy atom. The van der Waals surface area contributed by atoms with E-state index in [9.17, 15) is 22.8 Å². The maximum atomic E-state index is 12.5. The molecule has 4 nitrogen and oxygen atoms in total. The van der Waals surface area contributed by atoms with E-state index in [1.807, 2.05) is 0 Å². The third-order valence-corrected chi connectivity index (χ3v) is 2.96. The molecule has 1 saturated carbocycles. The predicted octanol–water partition coefficient (Wildman–Crippen LogP) is 2.05. The number of carbonyl (C=O) groups excluding carboxylic acids is 1. The second kappa shape index (κ2) is 4.25. The molecule has 0 radical (unpaired) electrons. The summed E-state index contributed by atoms with van der Waals surface area (Å²) in [7, 11) is 0. The zero-order chi connectivity index (χ0) is 14.3. The molecule has 0 spiro atoms. The van der Waals surface area contributed by atoms with Gasteiger partial charge in [0, 0.05) is 5.56 Å². The van der Waals surface area contributed by atoms with Gasteiger partial charge in [0.25, 0.3) is 5.91 Å². The average Bonchev–Trinajstić information content (AvgIpc) is 3.09. The molecule has 1 aliphatic carbocycles. The molecule has 1 aliphatic rings. The molecule has 0 aromatic heterocycles. The van der Waals surface area contributed by atoms with E-state index in [4.69, 9.17) is 5.11 Å². The van der Waals surface area contributed by atoms with Gasteiger partial charge in [-0.3, -0.25) is 4.79 Å². The number of nitrogens with one attached hydrogen (secondary N) is 1. The van der Waals surface area contributed by atoms with Crippen LogP contribution in [0.25, 0.3) is 0 Å². The molecule has 1 aromatic carbocycles. The Kier molecular flexibility index (Phi) is 3.00. The molecule has 0 saturated heterocycles. The van der Waals surface area contributed by atoms with E-state index in [0.717, 1.165) is 12.1 Å². The number of halogens is 3. The fourth-order valence-corrected chi connectivity index (χ4v) is 1.64. The van der Waals surface area contributed by atoms with Crippen LogP contribution < -0.4 is 5.32 Å². The van der Waals surface area contributed by atoms with Crippen LogP contribution in [0.2, 0.25) is 0 Å². The third kappa shape index (κ3) is 2.69. The van der Waals surface area contributed by atoms with E-state index in [1.165, 1.54) is 6.07 Å². The van der Waals surface area contributed by atoms with Crippen molar-refractivity contribution in [3.8, 4) is 0 Å². The lowest BCUT2D eigenvalue weighted by molar-refractivity contribution is -0.140. The van der Waals surface area contributed by atoms with Crippen molar-refractivity contribution >= 4 is 11.9 Å². The van der Waals surface area contributed by atoms with E-state index >= 15 is 0 Å². The number of hydrogen-bond donors (Lipinski definition) is 2. The van der Waals surface area contributed by atoms with Crippen molar-refractivity contribution in [3.05, 3.63) is 35.4 Å². The number of amides is 1. The fourth-order valence-electron chi connectivity index (χ4n) is 1.64. The van der Waals surface area contributed by atoms with Crippen LogP contribution >= 0.6 is 0 Å². The van der Waals surface area contributed by atoms with Crippen LogP contribution in [-0.4, -0.2) is 22.5 Å². The monoisotopic (exact) mass is 273 g/mol. The Bertz CT molecular complexity index is 535. The van der Waals surface area contributed by atoms with Gasteiger partial charge in [-0.1, -0.05) is 6.07 Å². The SMILES string of the molecule is O=C(NC1(C(=O)O)CC1)c1cccc(C(F)(F)F)c1. The molecule has 1 amide bonds. The van der Waals surface area contributed by atoms with Crippen LogP contribution in [0.4, 0.5) is 13.2 Å². The first-order valence-corrected chi connectivity index (χ1v) is 5.48. The number of hydrogen-bond acceptors (Lipinski definition) is 2. The largest absolute Gasteiger partial charge is 0.480 e. The second-order valence-corrected chi connectivity index (χ2v) is 4.42. The van der Waals surface area contributed by atoms with Gasteiger partial charge in [-0.15, -0.1) is 0 Å². The summed E-state index contributed by atoms with van der Waals surface area (Å²) in [6.45, 7) is 0. The van der Waals surface area contributed by atoms with Crippen LogP contribution in [0.15, 0.2) is 24.3 Å². The molecule has 7 heteroatoms. The molecule has 0 unspecified atom stereocenters. The summed E-state index contributed by atoms with van der Waals surface area (Å²) in [5, 5.41) is 11.1. The van der Waals surface area contributed by atoms with Crippen LogP contribution in [-0.2, 0) is 11.0 Å². The quantitative estimate of drug-likeness (QED) is 0.885. The fraction of sp³-hybridized carbons (Fsp3) is 0.333. The number of alkyl halides is 3. The van der Waals surface area contributed by atoms with E-state index in [-0.39, 0.29) is 18.4 Å². The van der Waals surface area contributed by atoms with Crippen molar-refractivity contribution in [2.24, 2.45) is 0 Å². The lowest BCUT2D eigenvalue weighted by atomic mass is 10.1. The van der Waals surface area contributed by atoms with E-state index in [0.29, 0.717) is 6.07 Å². The molecule has 0 bridgehead atoms. The van der Waals surface area contributed by atoms with Crippen LogP contribution in [0.1, 0.15) is 28.8 Å². The highest BCUT2D eigenvalue weighted by Crippen LogP contribution is 2.36. The first kappa shape index (κ1) is 13.4. The zero-order valence-electron chi connectivity index (χ0n) is 9.62. The molecular formula is C12H10F3NO3. The lowest BCUT2D eigenvalue weighted by Crippen LogP contribution is -2.43. The van der Waals surface area contributed by atoms with Crippen molar-refractivity contribution in [1.82, 2.24) is 5.32 Å². The number of carboxylic acid groups (broad SMARTS) is 1. The molecule has 2 N–H and O–H groups in total. The third-order valence-electron chi connectivity index (χ3n) is 2.96. The highest BCUT2D eigenvalue weighted by atomic mass is 19.4. The predicted molar refractivity (Wildman–Crippen MR) is 58.5 cm³/mol. The summed E-state index contributed by atoms with van der Waals surface area (Å²) in [6.07, 6.45) is -3.97. The standard InChI is InChI=1S/C12H10F3NO3/c13-12(14,15)8-3-1-2-7(6-8)9(17)16-11(4-5-11)10(18)19/h1-3,6H,4-5H2,(H,16,17)(H,18,19). The molecule has 102 valence electrons. The maximum Gasteiger partial charge on any atom is 0.416 e. The zero-order valence-corrected chi connectivity index (χ0v) is 9.62. The Morgan fingerprint density at radius 3 is 2.37 bits per heavy atom. The average molecular weight is 273 g/mol. The van der Waals surface area contributed by atoms with E-state index in [2.05, 4.69) is 5.32 Å². The Labute approximate surface area is 106 Å². The molecule has 0 aliphatic heterocycles. The molecule has 0 heterocycles. The minimum atomic E-state index is -4.54. The number of carboxylic acids is 1. The van der Waals surface area contributed by atoms with Gasteiger partial charge < -0.3 is 10.4 Å². The summed E-state index contributed by atoms with van der Waals surface area (Å²) >= 11 is 0. The summed E-state index contributed by atoms with van der Waals surface area (Å²) in [4.78, 5) is 22.6. The van der Waals surface area contributed by atoms with Gasteiger partial charge in [0.15, 0.2) is 0 Å². The topological polar surface area (TPSA) is 66.4 Å². The maximum absolute atomic E-state index is 12.5. The van der Waals surface area contributed by atoms with Gasteiger partial charge >= 0.3 is 12.1 Å². The minimum Gasteiger partial charge on any atom is -0.480 e. The molecule has 19 heavy (non-hydrogen) atoms.